The molecule has 2 atom stereocenters. The first-order valence-electron chi connectivity index (χ1n) is 7.60. The fourth-order valence-corrected chi connectivity index (χ4v) is 3.27. The smallest absolute Gasteiger partial charge is 0.302 e. The highest BCUT2D eigenvalue weighted by molar-refractivity contribution is 6.35. The summed E-state index contributed by atoms with van der Waals surface area (Å²) in [6, 6.07) is 9.93. The van der Waals surface area contributed by atoms with Gasteiger partial charge in [0.25, 0.3) is 0 Å². The highest BCUT2D eigenvalue weighted by Gasteiger charge is 2.36. The van der Waals surface area contributed by atoms with Crippen LogP contribution in [0.2, 0.25) is 10.0 Å². The second-order valence-electron chi connectivity index (χ2n) is 5.86. The molecule has 1 aliphatic heterocycles. The second kappa shape index (κ2) is 7.22. The van der Waals surface area contributed by atoms with E-state index in [1.807, 2.05) is 0 Å². The number of hydrogen-bond donors (Lipinski definition) is 3. The lowest BCUT2D eigenvalue weighted by Crippen LogP contribution is -2.48. The number of hydrogen-bond acceptors (Lipinski definition) is 5. The zero-order valence-electron chi connectivity index (χ0n) is 13.3. The number of nitrogens with zero attached hydrogens (tertiary/aromatic N) is 2. The summed E-state index contributed by atoms with van der Waals surface area (Å²) in [6.45, 7) is 0.129. The van der Waals surface area contributed by atoms with Crippen molar-refractivity contribution in [3.63, 3.8) is 0 Å². The van der Waals surface area contributed by atoms with Crippen LogP contribution in [0.1, 0.15) is 11.1 Å². The van der Waals surface area contributed by atoms with Gasteiger partial charge in [0.2, 0.25) is 0 Å². The van der Waals surface area contributed by atoms with Crippen molar-refractivity contribution in [3.05, 3.63) is 63.6 Å². The Bertz CT molecular complexity index is 781. The van der Waals surface area contributed by atoms with E-state index < -0.39 is 24.3 Å². The van der Waals surface area contributed by atoms with Gasteiger partial charge in [-0.3, -0.25) is 10.7 Å². The van der Waals surface area contributed by atoms with E-state index in [0.717, 1.165) is 12.1 Å². The van der Waals surface area contributed by atoms with Crippen LogP contribution < -0.4 is 21.9 Å². The van der Waals surface area contributed by atoms with Gasteiger partial charge in [0.05, 0.1) is 11.3 Å². The molecule has 140 valence electrons. The van der Waals surface area contributed by atoms with Gasteiger partial charge in [-0.05, 0) is 29.8 Å². The molecule has 2 aromatic carbocycles. The molecule has 0 amide bonds. The van der Waals surface area contributed by atoms with Crippen molar-refractivity contribution in [2.75, 3.05) is 5.01 Å². The quantitative estimate of drug-likeness (QED) is 0.730. The molecule has 2 aromatic rings. The molecule has 1 fully saturated rings. The zero-order chi connectivity index (χ0) is 19.1. The Labute approximate surface area is 158 Å². The summed E-state index contributed by atoms with van der Waals surface area (Å²) in [6.07, 6.45) is -5.83. The lowest BCUT2D eigenvalue weighted by Gasteiger charge is -2.27. The molecule has 0 spiro atoms. The van der Waals surface area contributed by atoms with Gasteiger partial charge in [0.1, 0.15) is 6.29 Å². The number of nitrogens with one attached hydrogen (secondary N) is 1. The highest BCUT2D eigenvalue weighted by Crippen LogP contribution is 2.31. The number of anilines is 1. The lowest BCUT2D eigenvalue weighted by atomic mass is 10.1. The predicted molar refractivity (Wildman–Crippen MR) is 95.0 cm³/mol. The van der Waals surface area contributed by atoms with E-state index in [-0.39, 0.29) is 6.54 Å². The number of nitrogens with two attached hydrogens (primary N) is 2. The maximum Gasteiger partial charge on any atom is 0.416 e. The molecule has 0 bridgehead atoms. The molecule has 0 radical (unpaired) electrons. The lowest BCUT2D eigenvalue weighted by molar-refractivity contribution is -0.137. The molecule has 0 aromatic heterocycles. The molecule has 5 N–H and O–H groups in total. The van der Waals surface area contributed by atoms with Gasteiger partial charge in [-0.15, -0.1) is 0 Å². The summed E-state index contributed by atoms with van der Waals surface area (Å²) in [5.41, 5.74) is 15.5. The van der Waals surface area contributed by atoms with E-state index in [4.69, 9.17) is 34.7 Å². The zero-order valence-corrected chi connectivity index (χ0v) is 14.9. The van der Waals surface area contributed by atoms with E-state index in [0.29, 0.717) is 21.3 Å². The van der Waals surface area contributed by atoms with Crippen LogP contribution in [0.4, 0.5) is 18.9 Å². The maximum atomic E-state index is 12.9. The van der Waals surface area contributed by atoms with Crippen molar-refractivity contribution >= 4 is 28.9 Å². The van der Waals surface area contributed by atoms with Crippen LogP contribution >= 0.6 is 23.2 Å². The Morgan fingerprint density at radius 1 is 1.04 bits per heavy atom. The van der Waals surface area contributed by atoms with Crippen molar-refractivity contribution in [2.45, 2.75) is 25.3 Å². The van der Waals surface area contributed by atoms with Gasteiger partial charge in [-0.2, -0.15) is 13.2 Å². The Morgan fingerprint density at radius 2 is 1.69 bits per heavy atom. The summed E-state index contributed by atoms with van der Waals surface area (Å²) in [7, 11) is 0. The van der Waals surface area contributed by atoms with E-state index >= 15 is 0 Å². The minimum absolute atomic E-state index is 0.129. The average Bonchev–Trinajstić information content (AvgIpc) is 2.82. The molecule has 2 unspecified atom stereocenters. The molecule has 5 nitrogen and oxygen atoms in total. The maximum absolute atomic E-state index is 12.9. The molecular weight excluding hydrogens is 390 g/mol. The standard InChI is InChI=1S/C16H16Cl2F3N5/c17-11-5-12(18)7-13(6-11)26-15(23)25(14(22)24-26)8-9-2-1-3-10(4-9)16(19,20)21/h1-7,14-15,24H,8,22-23H2. The van der Waals surface area contributed by atoms with Gasteiger partial charge in [0.15, 0.2) is 6.29 Å². The van der Waals surface area contributed by atoms with Crippen LogP contribution in [0.5, 0.6) is 0 Å². The largest absolute Gasteiger partial charge is 0.416 e. The van der Waals surface area contributed by atoms with E-state index in [1.165, 1.54) is 6.07 Å². The van der Waals surface area contributed by atoms with Crippen molar-refractivity contribution in [2.24, 2.45) is 11.5 Å². The van der Waals surface area contributed by atoms with Crippen LogP contribution in [-0.2, 0) is 12.7 Å². The van der Waals surface area contributed by atoms with E-state index in [9.17, 15) is 13.2 Å². The molecule has 0 saturated carbocycles. The Kier molecular flexibility index (Phi) is 5.34. The highest BCUT2D eigenvalue weighted by atomic mass is 35.5. The number of alkyl halides is 3. The Balaban J connectivity index is 1.81. The molecule has 10 heteroatoms. The second-order valence-corrected chi connectivity index (χ2v) is 6.73. The van der Waals surface area contributed by atoms with Gasteiger partial charge >= 0.3 is 6.18 Å². The van der Waals surface area contributed by atoms with Gasteiger partial charge in [-0.25, -0.2) is 10.3 Å². The number of benzene rings is 2. The van der Waals surface area contributed by atoms with Crippen molar-refractivity contribution in [1.82, 2.24) is 10.3 Å². The summed E-state index contributed by atoms with van der Waals surface area (Å²) in [4.78, 5) is 1.62. The van der Waals surface area contributed by atoms with Crippen LogP contribution in [0.3, 0.4) is 0 Å². The predicted octanol–water partition coefficient (Wildman–Crippen LogP) is 3.32. The van der Waals surface area contributed by atoms with Gasteiger partial charge < -0.3 is 5.73 Å². The van der Waals surface area contributed by atoms with E-state index in [1.54, 1.807) is 34.2 Å². The van der Waals surface area contributed by atoms with Crippen molar-refractivity contribution in [3.8, 4) is 0 Å². The summed E-state index contributed by atoms with van der Waals surface area (Å²) >= 11 is 12.0. The third-order valence-electron chi connectivity index (χ3n) is 3.98. The number of hydrazine groups is 1. The van der Waals surface area contributed by atoms with Crippen molar-refractivity contribution in [1.29, 1.82) is 0 Å². The third kappa shape index (κ3) is 4.06. The summed E-state index contributed by atoms with van der Waals surface area (Å²) < 4.78 is 38.7. The minimum Gasteiger partial charge on any atom is -0.302 e. The SMILES string of the molecule is NC1NN(c2cc(Cl)cc(Cl)c2)C(N)N1Cc1cccc(C(F)(F)F)c1. The van der Waals surface area contributed by atoms with Crippen LogP contribution in [-0.4, -0.2) is 17.5 Å². The van der Waals surface area contributed by atoms with Gasteiger partial charge in [-0.1, -0.05) is 41.4 Å². The topological polar surface area (TPSA) is 70.5 Å². The fourth-order valence-electron chi connectivity index (χ4n) is 2.76. The molecule has 1 aliphatic rings. The first kappa shape index (κ1) is 19.2. The molecule has 26 heavy (non-hydrogen) atoms. The average molecular weight is 406 g/mol. The molecular formula is C16H16Cl2F3N5. The van der Waals surface area contributed by atoms with E-state index in [2.05, 4.69) is 5.43 Å². The molecule has 3 rings (SSSR count). The fraction of sp³-hybridized carbons (Fsp3) is 0.250. The van der Waals surface area contributed by atoms with Crippen molar-refractivity contribution < 1.29 is 13.2 Å². The van der Waals surface area contributed by atoms with Gasteiger partial charge in [0, 0.05) is 16.6 Å². The molecule has 0 aliphatic carbocycles. The monoisotopic (exact) mass is 405 g/mol. The first-order valence-corrected chi connectivity index (χ1v) is 8.35. The Morgan fingerprint density at radius 3 is 2.31 bits per heavy atom. The number of rotatable bonds is 3. The number of halogens is 5. The third-order valence-corrected chi connectivity index (χ3v) is 4.41. The normalized spacial score (nSPS) is 21.4. The molecule has 1 saturated heterocycles. The van der Waals surface area contributed by atoms with Crippen LogP contribution in [0, 0.1) is 0 Å². The minimum atomic E-state index is -4.41. The molecule has 1 heterocycles. The first-order chi connectivity index (χ1) is 12.1. The summed E-state index contributed by atoms with van der Waals surface area (Å²) in [5, 5.41) is 2.41. The van der Waals surface area contributed by atoms with Crippen LogP contribution in [0.15, 0.2) is 42.5 Å². The van der Waals surface area contributed by atoms with Crippen LogP contribution in [0.25, 0.3) is 0 Å². The Hall–Kier alpha value is -1.55. The summed E-state index contributed by atoms with van der Waals surface area (Å²) in [5.74, 6) is 0.